The summed E-state index contributed by atoms with van der Waals surface area (Å²) in [6, 6.07) is 14.1. The molecule has 4 rings (SSSR count). The van der Waals surface area contributed by atoms with Crippen LogP contribution in [-0.4, -0.2) is 24.5 Å². The molecular formula is C20H18FN7S. The molecule has 0 fully saturated rings. The molecule has 29 heavy (non-hydrogen) atoms. The van der Waals surface area contributed by atoms with Gasteiger partial charge < -0.3 is 11.1 Å². The van der Waals surface area contributed by atoms with Crippen LogP contribution in [0.4, 0.5) is 22.0 Å². The smallest absolute Gasteiger partial charge is 0.232 e. The summed E-state index contributed by atoms with van der Waals surface area (Å²) in [5.74, 6) is 1.09. The summed E-state index contributed by atoms with van der Waals surface area (Å²) in [6.45, 7) is 2.05. The third kappa shape index (κ3) is 4.69. The Kier molecular flexibility index (Phi) is 5.39. The monoisotopic (exact) mass is 407 g/mol. The SMILES string of the molecule is Cc1cccc(-n2ccnc2SCc2nc(N)nc(Nc3ccc(F)cc3)n2)c1. The number of nitrogens with one attached hydrogen (secondary N) is 1. The highest BCUT2D eigenvalue weighted by Gasteiger charge is 2.10. The number of hydrogen-bond acceptors (Lipinski definition) is 7. The summed E-state index contributed by atoms with van der Waals surface area (Å²) in [7, 11) is 0. The van der Waals surface area contributed by atoms with Crippen molar-refractivity contribution in [3.8, 4) is 5.69 Å². The van der Waals surface area contributed by atoms with Crippen LogP contribution in [0.2, 0.25) is 0 Å². The molecule has 7 nitrogen and oxygen atoms in total. The van der Waals surface area contributed by atoms with E-state index in [1.807, 2.05) is 22.9 Å². The second kappa shape index (κ2) is 8.27. The topological polar surface area (TPSA) is 94.5 Å². The summed E-state index contributed by atoms with van der Waals surface area (Å²) in [5, 5.41) is 3.83. The number of imidazole rings is 1. The Hall–Kier alpha value is -3.46. The van der Waals surface area contributed by atoms with Crippen molar-refractivity contribution < 1.29 is 4.39 Å². The summed E-state index contributed by atoms with van der Waals surface area (Å²) in [6.07, 6.45) is 3.67. The zero-order valence-corrected chi connectivity index (χ0v) is 16.4. The second-order valence-corrected chi connectivity index (χ2v) is 7.22. The van der Waals surface area contributed by atoms with Gasteiger partial charge in [-0.05, 0) is 48.9 Å². The lowest BCUT2D eigenvalue weighted by atomic mass is 10.2. The van der Waals surface area contributed by atoms with Crippen LogP contribution in [0.1, 0.15) is 11.4 Å². The minimum atomic E-state index is -0.313. The number of aryl methyl sites for hydroxylation is 1. The quantitative estimate of drug-likeness (QED) is 0.464. The third-order valence-corrected chi connectivity index (χ3v) is 4.98. The van der Waals surface area contributed by atoms with Crippen LogP contribution in [0.25, 0.3) is 5.69 Å². The van der Waals surface area contributed by atoms with Crippen molar-refractivity contribution in [1.82, 2.24) is 24.5 Å². The molecule has 0 saturated heterocycles. The number of benzene rings is 2. The van der Waals surface area contributed by atoms with Crippen molar-refractivity contribution in [1.29, 1.82) is 0 Å². The Balaban J connectivity index is 1.50. The maximum atomic E-state index is 13.1. The molecule has 2 aromatic carbocycles. The molecule has 0 unspecified atom stereocenters. The third-order valence-electron chi connectivity index (χ3n) is 4.02. The van der Waals surface area contributed by atoms with Gasteiger partial charge in [0.05, 0.1) is 5.75 Å². The van der Waals surface area contributed by atoms with Gasteiger partial charge in [-0.15, -0.1) is 0 Å². The first-order valence-corrected chi connectivity index (χ1v) is 9.81. The van der Waals surface area contributed by atoms with Crippen LogP contribution < -0.4 is 11.1 Å². The Labute approximate surface area is 171 Å². The minimum absolute atomic E-state index is 0.113. The van der Waals surface area contributed by atoms with Crippen LogP contribution >= 0.6 is 11.8 Å². The highest BCUT2D eigenvalue weighted by atomic mass is 32.2. The number of hydrogen-bond donors (Lipinski definition) is 2. The summed E-state index contributed by atoms with van der Waals surface area (Å²) < 4.78 is 15.1. The number of aromatic nitrogens is 5. The second-order valence-electron chi connectivity index (χ2n) is 6.27. The Morgan fingerprint density at radius 2 is 1.93 bits per heavy atom. The Morgan fingerprint density at radius 3 is 2.72 bits per heavy atom. The predicted molar refractivity (Wildman–Crippen MR) is 112 cm³/mol. The molecule has 0 aliphatic heterocycles. The average Bonchev–Trinajstić information content (AvgIpc) is 3.16. The molecule has 0 amide bonds. The highest BCUT2D eigenvalue weighted by molar-refractivity contribution is 7.98. The number of thioether (sulfide) groups is 1. The zero-order valence-electron chi connectivity index (χ0n) is 15.6. The van der Waals surface area contributed by atoms with Crippen LogP contribution in [0.5, 0.6) is 0 Å². The van der Waals surface area contributed by atoms with E-state index in [4.69, 9.17) is 5.73 Å². The molecule has 0 spiro atoms. The van der Waals surface area contributed by atoms with Gasteiger partial charge in [0.15, 0.2) is 5.16 Å². The van der Waals surface area contributed by atoms with E-state index in [9.17, 15) is 4.39 Å². The van der Waals surface area contributed by atoms with E-state index >= 15 is 0 Å². The molecule has 0 atom stereocenters. The minimum Gasteiger partial charge on any atom is -0.368 e. The lowest BCUT2D eigenvalue weighted by Gasteiger charge is -2.09. The molecule has 0 saturated carbocycles. The first kappa shape index (κ1) is 18.9. The van der Waals surface area contributed by atoms with Crippen LogP contribution in [0.3, 0.4) is 0 Å². The van der Waals surface area contributed by atoms with Gasteiger partial charge in [-0.3, -0.25) is 4.57 Å². The molecule has 146 valence electrons. The van der Waals surface area contributed by atoms with Crippen molar-refractivity contribution in [3.05, 3.63) is 78.1 Å². The van der Waals surface area contributed by atoms with Gasteiger partial charge in [0, 0.05) is 23.8 Å². The maximum Gasteiger partial charge on any atom is 0.232 e. The van der Waals surface area contributed by atoms with E-state index in [-0.39, 0.29) is 11.8 Å². The molecular weight excluding hydrogens is 389 g/mol. The highest BCUT2D eigenvalue weighted by Crippen LogP contribution is 2.24. The lowest BCUT2D eigenvalue weighted by molar-refractivity contribution is 0.628. The molecule has 2 heterocycles. The number of nitrogens with two attached hydrogens (primary N) is 1. The molecule has 0 bridgehead atoms. The number of anilines is 3. The van der Waals surface area contributed by atoms with Gasteiger partial charge in [-0.25, -0.2) is 9.37 Å². The van der Waals surface area contributed by atoms with E-state index in [1.165, 1.54) is 29.5 Å². The number of rotatable bonds is 6. The van der Waals surface area contributed by atoms with Gasteiger partial charge in [-0.1, -0.05) is 23.9 Å². The van der Waals surface area contributed by atoms with Crippen molar-refractivity contribution >= 4 is 29.3 Å². The largest absolute Gasteiger partial charge is 0.368 e. The average molecular weight is 407 g/mol. The molecule has 2 aromatic heterocycles. The first-order valence-electron chi connectivity index (χ1n) is 8.83. The lowest BCUT2D eigenvalue weighted by Crippen LogP contribution is -2.07. The van der Waals surface area contributed by atoms with Crippen molar-refractivity contribution in [2.45, 2.75) is 17.8 Å². The maximum absolute atomic E-state index is 13.1. The molecule has 4 aromatic rings. The van der Waals surface area contributed by atoms with Gasteiger partial charge >= 0.3 is 0 Å². The summed E-state index contributed by atoms with van der Waals surface area (Å²) in [4.78, 5) is 17.1. The molecule has 0 radical (unpaired) electrons. The fourth-order valence-electron chi connectivity index (χ4n) is 2.72. The molecule has 3 N–H and O–H groups in total. The zero-order chi connectivity index (χ0) is 20.2. The standard InChI is InChI=1S/C20H18FN7S/c1-13-3-2-4-16(11-13)28-10-9-23-20(28)29-12-17-25-18(22)27-19(26-17)24-15-7-5-14(21)6-8-15/h2-11H,12H2,1H3,(H3,22,24,25,26,27). The Morgan fingerprint density at radius 1 is 1.10 bits per heavy atom. The van der Waals surface area contributed by atoms with Gasteiger partial charge in [-0.2, -0.15) is 15.0 Å². The first-order chi connectivity index (χ1) is 14.1. The van der Waals surface area contributed by atoms with E-state index in [1.54, 1.807) is 18.3 Å². The van der Waals surface area contributed by atoms with Crippen LogP contribution in [0.15, 0.2) is 66.1 Å². The van der Waals surface area contributed by atoms with Crippen LogP contribution in [0, 0.1) is 12.7 Å². The number of halogens is 1. The van der Waals surface area contributed by atoms with E-state index in [2.05, 4.69) is 44.3 Å². The molecule has 0 aliphatic rings. The van der Waals surface area contributed by atoms with E-state index in [0.29, 0.717) is 23.2 Å². The van der Waals surface area contributed by atoms with E-state index in [0.717, 1.165) is 10.8 Å². The van der Waals surface area contributed by atoms with E-state index < -0.39 is 0 Å². The van der Waals surface area contributed by atoms with Gasteiger partial charge in [0.1, 0.15) is 11.6 Å². The Bertz CT molecular complexity index is 1130. The summed E-state index contributed by atoms with van der Waals surface area (Å²) in [5.41, 5.74) is 8.70. The normalized spacial score (nSPS) is 10.8. The van der Waals surface area contributed by atoms with Crippen molar-refractivity contribution in [3.63, 3.8) is 0 Å². The van der Waals surface area contributed by atoms with Gasteiger partial charge in [0.25, 0.3) is 0 Å². The molecule has 9 heteroatoms. The summed E-state index contributed by atoms with van der Waals surface area (Å²) >= 11 is 1.50. The fourth-order valence-corrected chi connectivity index (χ4v) is 3.55. The van der Waals surface area contributed by atoms with Crippen molar-refractivity contribution in [2.75, 3.05) is 11.1 Å². The predicted octanol–water partition coefficient (Wildman–Crippen LogP) is 4.12. The van der Waals surface area contributed by atoms with Gasteiger partial charge in [0.2, 0.25) is 11.9 Å². The number of nitrogen functional groups attached to an aromatic ring is 1. The molecule has 0 aliphatic carbocycles. The van der Waals surface area contributed by atoms with Crippen molar-refractivity contribution in [2.24, 2.45) is 0 Å². The number of nitrogens with zero attached hydrogens (tertiary/aromatic N) is 5. The fraction of sp³-hybridized carbons (Fsp3) is 0.100. The van der Waals surface area contributed by atoms with Crippen LogP contribution in [-0.2, 0) is 5.75 Å².